The smallest absolute Gasteiger partial charge is 0.264 e. The Morgan fingerprint density at radius 3 is 1.82 bits per heavy atom. The van der Waals surface area contributed by atoms with Crippen molar-refractivity contribution in [1.82, 2.24) is 0 Å². The van der Waals surface area contributed by atoms with Crippen LogP contribution in [0.1, 0.15) is 175 Å². The first kappa shape index (κ1) is 46.7. The molecule has 368 valence electrons. The van der Waals surface area contributed by atoms with Gasteiger partial charge in [-0.2, -0.15) is 0 Å². The van der Waals surface area contributed by atoms with Crippen molar-refractivity contribution in [2.75, 3.05) is 9.80 Å². The highest BCUT2D eigenvalue weighted by atomic mass is 32.1. The lowest BCUT2D eigenvalue weighted by Crippen LogP contribution is -2.60. The first-order chi connectivity index (χ1) is 33.9. The molecule has 6 aromatic carbocycles. The maximum absolute atomic E-state index is 2.79. The third-order valence-corrected chi connectivity index (χ3v) is 21.0. The van der Waals surface area contributed by atoms with Gasteiger partial charge in [0.15, 0.2) is 0 Å². The average molecular weight is 965 g/mol. The Balaban J connectivity index is 1.17. The summed E-state index contributed by atoms with van der Waals surface area (Å²) in [5.74, 6) is 1.68. The number of hydrogen-bond donors (Lipinski definition) is 0. The van der Waals surface area contributed by atoms with E-state index in [9.17, 15) is 0 Å². The molecule has 0 amide bonds. The molecule has 2 aliphatic heterocycles. The molecule has 13 rings (SSSR count). The molecule has 3 heterocycles. The average Bonchev–Trinajstić information content (AvgIpc) is 3.58. The minimum Gasteiger partial charge on any atom is -0.311 e. The summed E-state index contributed by atoms with van der Waals surface area (Å²) in [6.45, 7) is 33.9. The van der Waals surface area contributed by atoms with Crippen LogP contribution in [0.15, 0.2) is 115 Å². The molecule has 4 aliphatic carbocycles. The van der Waals surface area contributed by atoms with Crippen LogP contribution in [0.3, 0.4) is 0 Å². The van der Waals surface area contributed by atoms with Crippen LogP contribution in [0.2, 0.25) is 0 Å². The lowest BCUT2D eigenvalue weighted by atomic mass is 9.36. The van der Waals surface area contributed by atoms with E-state index in [1.54, 1.807) is 16.7 Å². The molecule has 3 saturated carbocycles. The molecule has 2 bridgehead atoms. The third kappa shape index (κ3) is 6.71. The van der Waals surface area contributed by atoms with Crippen LogP contribution in [0, 0.1) is 17.3 Å². The monoisotopic (exact) mass is 965 g/mol. The van der Waals surface area contributed by atoms with Crippen molar-refractivity contribution in [3.8, 4) is 11.1 Å². The molecule has 2 nitrogen and oxygen atoms in total. The van der Waals surface area contributed by atoms with E-state index < -0.39 is 0 Å². The molecule has 1 spiro atoms. The van der Waals surface area contributed by atoms with Gasteiger partial charge in [-0.05, 0) is 193 Å². The van der Waals surface area contributed by atoms with Gasteiger partial charge in [0, 0.05) is 43.2 Å². The van der Waals surface area contributed by atoms with Crippen molar-refractivity contribution >= 4 is 78.0 Å². The Bertz CT molecular complexity index is 3390. The summed E-state index contributed by atoms with van der Waals surface area (Å²) in [7, 11) is 0. The number of thiophene rings is 1. The fourth-order valence-corrected chi connectivity index (χ4v) is 16.8. The van der Waals surface area contributed by atoms with Crippen LogP contribution in [0.25, 0.3) is 21.2 Å². The van der Waals surface area contributed by atoms with Crippen LogP contribution in [-0.4, -0.2) is 6.71 Å². The van der Waals surface area contributed by atoms with Crippen LogP contribution >= 0.6 is 11.3 Å². The normalized spacial score (nSPS) is 24.2. The second-order valence-electron chi connectivity index (χ2n) is 28.3. The van der Waals surface area contributed by atoms with Crippen molar-refractivity contribution in [3.05, 3.63) is 149 Å². The van der Waals surface area contributed by atoms with Gasteiger partial charge in [-0.15, -0.1) is 11.3 Å². The van der Waals surface area contributed by atoms with Gasteiger partial charge < -0.3 is 9.80 Å². The van der Waals surface area contributed by atoms with Crippen LogP contribution < -0.4 is 25.5 Å². The Kier molecular flexibility index (Phi) is 9.76. The predicted octanol–water partition coefficient (Wildman–Crippen LogP) is 17.4. The van der Waals surface area contributed by atoms with Crippen molar-refractivity contribution in [2.24, 2.45) is 17.3 Å². The zero-order valence-electron chi connectivity index (χ0n) is 46.0. The molecular formula is C68H77BN2S. The minimum absolute atomic E-state index is 0.00532. The largest absolute Gasteiger partial charge is 0.311 e. The van der Waals surface area contributed by atoms with E-state index >= 15 is 0 Å². The lowest BCUT2D eigenvalue weighted by molar-refractivity contribution is 0.292. The number of nitrogens with zero attached hydrogens (tertiary/aromatic N) is 2. The third-order valence-electron chi connectivity index (χ3n) is 19.8. The van der Waals surface area contributed by atoms with E-state index in [0.29, 0.717) is 5.41 Å². The molecule has 4 atom stereocenters. The zero-order valence-corrected chi connectivity index (χ0v) is 46.8. The summed E-state index contributed by atoms with van der Waals surface area (Å²) < 4.78 is 2.90. The second-order valence-corrected chi connectivity index (χ2v) is 29.4. The quantitative estimate of drug-likeness (QED) is 0.159. The molecule has 0 saturated heterocycles. The molecule has 4 unspecified atom stereocenters. The maximum atomic E-state index is 2.79. The fraction of sp³-hybridized carbons (Fsp3) is 0.441. The Hall–Kier alpha value is -5.06. The molecule has 0 radical (unpaired) electrons. The van der Waals surface area contributed by atoms with E-state index in [4.69, 9.17) is 0 Å². The van der Waals surface area contributed by atoms with Gasteiger partial charge in [0.05, 0.1) is 11.4 Å². The number of anilines is 6. The summed E-state index contributed by atoms with van der Waals surface area (Å²) in [5, 5.41) is 1.42. The van der Waals surface area contributed by atoms with Crippen molar-refractivity contribution in [1.29, 1.82) is 0 Å². The molecule has 3 fully saturated rings. The standard InChI is InChI=1S/C68H77BN2S/c1-15-42-37-67(38-47-39-68(42,47)40-67)46-33-56-59-57(34-46)71(54-27-23-44(63(5,6)7)31-49(54)41-19-17-16-18-20-41)55-28-24-45(64(8,9)10)32-53(55)69(59)61-60(70(56)48-25-21-43(22-26-48)62(2,3)4)50-35-51-52(36-58(50)72-61)66(13,14)30-29-65(51,11)12/h16-28,31-36,42,47H,15,29-30,37-40H2,1-14H3. The zero-order chi connectivity index (χ0) is 50.4. The summed E-state index contributed by atoms with van der Waals surface area (Å²) in [6.07, 6.45) is 9.13. The van der Waals surface area contributed by atoms with Crippen LogP contribution in [0.4, 0.5) is 34.1 Å². The van der Waals surface area contributed by atoms with Gasteiger partial charge in [0.1, 0.15) is 0 Å². The van der Waals surface area contributed by atoms with Crippen molar-refractivity contribution in [2.45, 2.75) is 174 Å². The highest BCUT2D eigenvalue weighted by Gasteiger charge is 2.73. The van der Waals surface area contributed by atoms with Crippen molar-refractivity contribution in [3.63, 3.8) is 0 Å². The summed E-state index contributed by atoms with van der Waals surface area (Å²) in [6, 6.07) is 47.0. The Morgan fingerprint density at radius 2 is 1.19 bits per heavy atom. The molecule has 0 N–H and O–H groups in total. The number of benzene rings is 6. The first-order valence-corrected chi connectivity index (χ1v) is 28.6. The Morgan fingerprint density at radius 1 is 0.597 bits per heavy atom. The minimum atomic E-state index is -0.0260. The lowest BCUT2D eigenvalue weighted by Gasteiger charge is -2.45. The topological polar surface area (TPSA) is 6.48 Å². The Labute approximate surface area is 436 Å². The highest BCUT2D eigenvalue weighted by molar-refractivity contribution is 7.33. The molecule has 72 heavy (non-hydrogen) atoms. The number of rotatable bonds is 5. The molecule has 7 aromatic rings. The van der Waals surface area contributed by atoms with Crippen LogP contribution in [0.5, 0.6) is 0 Å². The predicted molar refractivity (Wildman–Crippen MR) is 313 cm³/mol. The second kappa shape index (κ2) is 15.1. The summed E-state index contributed by atoms with van der Waals surface area (Å²) in [5.41, 5.74) is 23.2. The molecule has 4 heteroatoms. The number of hydrogen-bond acceptors (Lipinski definition) is 3. The van der Waals surface area contributed by atoms with E-state index in [-0.39, 0.29) is 39.2 Å². The fourth-order valence-electron chi connectivity index (χ4n) is 15.4. The molecule has 1 aromatic heterocycles. The first-order valence-electron chi connectivity index (χ1n) is 27.8. The molecular weight excluding hydrogens is 888 g/mol. The summed E-state index contributed by atoms with van der Waals surface area (Å²) >= 11 is 2.09. The van der Waals surface area contributed by atoms with Gasteiger partial charge in [-0.1, -0.05) is 164 Å². The van der Waals surface area contributed by atoms with Gasteiger partial charge in [-0.3, -0.25) is 0 Å². The van der Waals surface area contributed by atoms with Gasteiger partial charge in [0.25, 0.3) is 6.71 Å². The van der Waals surface area contributed by atoms with Gasteiger partial charge in [0.2, 0.25) is 0 Å². The number of fused-ring (bicyclic) bond motifs is 8. The highest BCUT2D eigenvalue weighted by Crippen LogP contribution is 2.80. The van der Waals surface area contributed by atoms with Crippen molar-refractivity contribution < 1.29 is 0 Å². The van der Waals surface area contributed by atoms with Gasteiger partial charge in [-0.25, -0.2) is 0 Å². The van der Waals surface area contributed by atoms with Gasteiger partial charge >= 0.3 is 0 Å². The summed E-state index contributed by atoms with van der Waals surface area (Å²) in [4.78, 5) is 5.55. The van der Waals surface area contributed by atoms with E-state index in [0.717, 1.165) is 11.8 Å². The maximum Gasteiger partial charge on any atom is 0.264 e. The van der Waals surface area contributed by atoms with E-state index in [1.807, 2.05) is 0 Å². The van der Waals surface area contributed by atoms with Crippen LogP contribution in [-0.2, 0) is 32.5 Å². The molecule has 6 aliphatic rings. The van der Waals surface area contributed by atoms with E-state index in [2.05, 4.69) is 233 Å². The SMILES string of the molecule is CCC1CC2(c3cc4c5c(c3)N(c3ccc(C(C)(C)C)cc3)c3c(sc6cc7c(cc36)C(C)(C)CCC7(C)C)B5c3cc(C(C)(C)C)ccc3N4c3ccc(C(C)(C)C)cc3-c3ccccc3)CC3CC13C2. The van der Waals surface area contributed by atoms with E-state index in [1.165, 1.54) is 133 Å².